The van der Waals surface area contributed by atoms with Crippen LogP contribution in [0.4, 0.5) is 0 Å². The molecule has 0 aromatic heterocycles. The molecule has 0 aliphatic heterocycles. The Morgan fingerprint density at radius 3 is 2.50 bits per heavy atom. The van der Waals surface area contributed by atoms with Gasteiger partial charge >= 0.3 is 0 Å². The fourth-order valence-corrected chi connectivity index (χ4v) is 4.34. The van der Waals surface area contributed by atoms with Crippen molar-refractivity contribution < 1.29 is 8.42 Å². The SMILES string of the molecule is NC1(CNS(=O)(=O)c2cccc(Cl)c2Cl)CCCCC1. The maximum atomic E-state index is 12.3. The van der Waals surface area contributed by atoms with Gasteiger partial charge in [0.2, 0.25) is 10.0 Å². The van der Waals surface area contributed by atoms with E-state index < -0.39 is 15.6 Å². The Morgan fingerprint density at radius 1 is 1.20 bits per heavy atom. The normalized spacial score (nSPS) is 18.9. The van der Waals surface area contributed by atoms with Gasteiger partial charge in [0.15, 0.2) is 0 Å². The lowest BCUT2D eigenvalue weighted by molar-refractivity contribution is 0.296. The molecule has 0 bridgehead atoms. The number of rotatable bonds is 4. The molecule has 112 valence electrons. The highest BCUT2D eigenvalue weighted by atomic mass is 35.5. The Kier molecular flexibility index (Phi) is 4.97. The van der Waals surface area contributed by atoms with E-state index in [-0.39, 0.29) is 21.5 Å². The van der Waals surface area contributed by atoms with Gasteiger partial charge in [-0.05, 0) is 25.0 Å². The van der Waals surface area contributed by atoms with Crippen LogP contribution in [0.3, 0.4) is 0 Å². The van der Waals surface area contributed by atoms with Crippen LogP contribution < -0.4 is 10.5 Å². The summed E-state index contributed by atoms with van der Waals surface area (Å²) in [6, 6.07) is 4.54. The molecule has 2 rings (SSSR count). The molecule has 0 atom stereocenters. The van der Waals surface area contributed by atoms with Crippen LogP contribution in [0.15, 0.2) is 23.1 Å². The van der Waals surface area contributed by atoms with Crippen molar-refractivity contribution in [3.63, 3.8) is 0 Å². The first-order valence-corrected chi connectivity index (χ1v) is 8.81. The van der Waals surface area contributed by atoms with Crippen LogP contribution in [0.2, 0.25) is 10.0 Å². The van der Waals surface area contributed by atoms with Gasteiger partial charge in [0.05, 0.1) is 10.0 Å². The molecule has 1 aromatic rings. The van der Waals surface area contributed by atoms with Gasteiger partial charge in [-0.2, -0.15) is 0 Å². The van der Waals surface area contributed by atoms with Gasteiger partial charge in [-0.15, -0.1) is 0 Å². The number of halogens is 2. The van der Waals surface area contributed by atoms with Crippen LogP contribution in [0.5, 0.6) is 0 Å². The van der Waals surface area contributed by atoms with Crippen LogP contribution in [0.1, 0.15) is 32.1 Å². The third-order valence-corrected chi connectivity index (χ3v) is 6.04. The monoisotopic (exact) mass is 336 g/mol. The fourth-order valence-electron chi connectivity index (χ4n) is 2.44. The van der Waals surface area contributed by atoms with Crippen molar-refractivity contribution in [1.82, 2.24) is 4.72 Å². The summed E-state index contributed by atoms with van der Waals surface area (Å²) in [5.41, 5.74) is 5.76. The van der Waals surface area contributed by atoms with E-state index in [0.717, 1.165) is 32.1 Å². The minimum Gasteiger partial charge on any atom is -0.324 e. The zero-order valence-corrected chi connectivity index (χ0v) is 13.4. The van der Waals surface area contributed by atoms with Gasteiger partial charge in [-0.1, -0.05) is 48.5 Å². The summed E-state index contributed by atoms with van der Waals surface area (Å²) in [5, 5.41) is 0.256. The highest BCUT2D eigenvalue weighted by Gasteiger charge is 2.30. The number of nitrogens with one attached hydrogen (secondary N) is 1. The predicted molar refractivity (Wildman–Crippen MR) is 81.7 cm³/mol. The maximum absolute atomic E-state index is 12.3. The first-order valence-electron chi connectivity index (χ1n) is 6.57. The minimum atomic E-state index is -3.70. The predicted octanol–water partition coefficient (Wildman–Crippen LogP) is 2.93. The van der Waals surface area contributed by atoms with Gasteiger partial charge in [0.1, 0.15) is 4.90 Å². The molecule has 0 heterocycles. The second kappa shape index (κ2) is 6.20. The zero-order valence-electron chi connectivity index (χ0n) is 11.0. The molecule has 0 unspecified atom stereocenters. The number of hydrogen-bond acceptors (Lipinski definition) is 3. The molecule has 1 aromatic carbocycles. The van der Waals surface area contributed by atoms with Gasteiger partial charge in [0, 0.05) is 12.1 Å². The summed E-state index contributed by atoms with van der Waals surface area (Å²) in [6.07, 6.45) is 4.90. The number of sulfonamides is 1. The lowest BCUT2D eigenvalue weighted by atomic mass is 9.83. The Morgan fingerprint density at radius 2 is 1.85 bits per heavy atom. The Hall–Kier alpha value is -0.330. The first-order chi connectivity index (χ1) is 9.34. The molecule has 1 aliphatic carbocycles. The van der Waals surface area contributed by atoms with Gasteiger partial charge in [0.25, 0.3) is 0 Å². The second-order valence-electron chi connectivity index (χ2n) is 5.30. The largest absolute Gasteiger partial charge is 0.324 e. The Bertz CT molecular complexity index is 584. The van der Waals surface area contributed by atoms with Crippen molar-refractivity contribution in [1.29, 1.82) is 0 Å². The molecule has 0 amide bonds. The van der Waals surface area contributed by atoms with Crippen LogP contribution in [0.25, 0.3) is 0 Å². The third-order valence-electron chi connectivity index (χ3n) is 3.67. The fraction of sp³-hybridized carbons (Fsp3) is 0.538. The molecule has 20 heavy (non-hydrogen) atoms. The van der Waals surface area contributed by atoms with E-state index in [0.29, 0.717) is 0 Å². The molecular weight excluding hydrogens is 319 g/mol. The van der Waals surface area contributed by atoms with Crippen LogP contribution in [-0.4, -0.2) is 20.5 Å². The molecule has 0 spiro atoms. The van der Waals surface area contributed by atoms with Crippen LogP contribution in [0, 0.1) is 0 Å². The van der Waals surface area contributed by atoms with Gasteiger partial charge in [-0.3, -0.25) is 0 Å². The highest BCUT2D eigenvalue weighted by Crippen LogP contribution is 2.30. The summed E-state index contributed by atoms with van der Waals surface area (Å²) in [4.78, 5) is -0.00826. The number of hydrogen-bond donors (Lipinski definition) is 2. The summed E-state index contributed by atoms with van der Waals surface area (Å²) in [5.74, 6) is 0. The van der Waals surface area contributed by atoms with Crippen LogP contribution in [-0.2, 0) is 10.0 Å². The standard InChI is InChI=1S/C13H18Cl2N2O2S/c14-10-5-4-6-11(12(10)15)20(18,19)17-9-13(16)7-2-1-3-8-13/h4-6,17H,1-3,7-9,16H2. The maximum Gasteiger partial charge on any atom is 0.242 e. The lowest BCUT2D eigenvalue weighted by Crippen LogP contribution is -2.51. The van der Waals surface area contributed by atoms with E-state index in [1.807, 2.05) is 0 Å². The van der Waals surface area contributed by atoms with E-state index in [1.54, 1.807) is 12.1 Å². The Labute approximate surface area is 129 Å². The van der Waals surface area contributed by atoms with E-state index in [1.165, 1.54) is 6.07 Å². The summed E-state index contributed by atoms with van der Waals surface area (Å²) in [7, 11) is -3.70. The molecular formula is C13H18Cl2N2O2S. The average molecular weight is 337 g/mol. The van der Waals surface area contributed by atoms with Crippen molar-refractivity contribution in [3.05, 3.63) is 28.2 Å². The topological polar surface area (TPSA) is 72.2 Å². The molecule has 1 aliphatic rings. The van der Waals surface area contributed by atoms with E-state index in [9.17, 15) is 8.42 Å². The van der Waals surface area contributed by atoms with Gasteiger partial charge in [-0.25, -0.2) is 13.1 Å². The van der Waals surface area contributed by atoms with Crippen molar-refractivity contribution in [2.45, 2.75) is 42.5 Å². The van der Waals surface area contributed by atoms with E-state index >= 15 is 0 Å². The van der Waals surface area contributed by atoms with Crippen LogP contribution >= 0.6 is 23.2 Å². The quantitative estimate of drug-likeness (QED) is 0.887. The molecule has 3 N–H and O–H groups in total. The van der Waals surface area contributed by atoms with Crippen molar-refractivity contribution in [2.75, 3.05) is 6.54 Å². The zero-order chi connectivity index (χ0) is 14.8. The molecule has 0 saturated heterocycles. The smallest absolute Gasteiger partial charge is 0.242 e. The van der Waals surface area contributed by atoms with Gasteiger partial charge < -0.3 is 5.73 Å². The van der Waals surface area contributed by atoms with Crippen molar-refractivity contribution >= 4 is 33.2 Å². The molecule has 1 saturated carbocycles. The van der Waals surface area contributed by atoms with Crippen molar-refractivity contribution in [3.8, 4) is 0 Å². The second-order valence-corrected chi connectivity index (χ2v) is 7.82. The molecule has 0 radical (unpaired) electrons. The van der Waals surface area contributed by atoms with Crippen molar-refractivity contribution in [2.24, 2.45) is 5.73 Å². The average Bonchev–Trinajstić information content (AvgIpc) is 2.41. The lowest BCUT2D eigenvalue weighted by Gasteiger charge is -2.33. The molecule has 7 heteroatoms. The minimum absolute atomic E-state index is 0.00826. The Balaban J connectivity index is 2.13. The first kappa shape index (κ1) is 16.0. The third kappa shape index (κ3) is 3.65. The number of nitrogens with two attached hydrogens (primary N) is 1. The molecule has 1 fully saturated rings. The van der Waals surface area contributed by atoms with E-state index in [2.05, 4.69) is 4.72 Å². The highest BCUT2D eigenvalue weighted by molar-refractivity contribution is 7.89. The number of benzene rings is 1. The summed E-state index contributed by atoms with van der Waals surface area (Å²) in [6.45, 7) is 0.220. The summed E-state index contributed by atoms with van der Waals surface area (Å²) < 4.78 is 27.1. The molecule has 4 nitrogen and oxygen atoms in total. The summed E-state index contributed by atoms with van der Waals surface area (Å²) >= 11 is 11.8. The van der Waals surface area contributed by atoms with E-state index in [4.69, 9.17) is 28.9 Å².